The number of nitrogens with zero attached hydrogens (tertiary/aromatic N) is 1. The lowest BCUT2D eigenvalue weighted by atomic mass is 10.2. The lowest BCUT2D eigenvalue weighted by Gasteiger charge is -2.25. The van der Waals surface area contributed by atoms with E-state index in [0.29, 0.717) is 49.8 Å². The van der Waals surface area contributed by atoms with E-state index in [9.17, 15) is 13.2 Å². The topological polar surface area (TPSA) is 84.9 Å². The molecule has 0 unspecified atom stereocenters. The van der Waals surface area contributed by atoms with Gasteiger partial charge in [-0.05, 0) is 25.0 Å². The molecule has 1 aromatic carbocycles. The van der Waals surface area contributed by atoms with Crippen LogP contribution in [-0.2, 0) is 14.8 Å². The number of carbonyl (C=O) groups is 1. The fourth-order valence-corrected chi connectivity index (χ4v) is 3.51. The molecule has 0 saturated carbocycles. The van der Waals surface area contributed by atoms with E-state index in [0.717, 1.165) is 19.1 Å². The molecular weight excluding hydrogens is 344 g/mol. The molecule has 0 aromatic heterocycles. The highest BCUT2D eigenvalue weighted by Crippen LogP contribution is 2.34. The van der Waals surface area contributed by atoms with E-state index in [-0.39, 0.29) is 12.5 Å². The summed E-state index contributed by atoms with van der Waals surface area (Å²) in [5, 5.41) is 2.83. The van der Waals surface area contributed by atoms with Crippen LogP contribution >= 0.6 is 0 Å². The van der Waals surface area contributed by atoms with Gasteiger partial charge in [0.05, 0.1) is 11.9 Å². The van der Waals surface area contributed by atoms with Gasteiger partial charge in [-0.25, -0.2) is 8.42 Å². The average Bonchev–Trinajstić information content (AvgIpc) is 2.57. The van der Waals surface area contributed by atoms with Crippen LogP contribution in [0.25, 0.3) is 0 Å². The zero-order valence-corrected chi connectivity index (χ0v) is 15.6. The SMILES string of the molecule is CCCCNC(=O)CCCN(c1ccc2c(c1)OCCO2)S(C)(=O)=O. The number of carbonyl (C=O) groups excluding carboxylic acids is 1. The van der Waals surface area contributed by atoms with Gasteiger partial charge in [-0.1, -0.05) is 13.3 Å². The van der Waals surface area contributed by atoms with Crippen LogP contribution in [0, 0.1) is 0 Å². The number of rotatable bonds is 9. The summed E-state index contributed by atoms with van der Waals surface area (Å²) in [5.74, 6) is 1.09. The molecule has 0 bridgehead atoms. The van der Waals surface area contributed by atoms with Gasteiger partial charge < -0.3 is 14.8 Å². The van der Waals surface area contributed by atoms with Crippen molar-refractivity contribution in [1.29, 1.82) is 0 Å². The largest absolute Gasteiger partial charge is 0.486 e. The van der Waals surface area contributed by atoms with E-state index in [1.165, 1.54) is 4.31 Å². The summed E-state index contributed by atoms with van der Waals surface area (Å²) in [7, 11) is -3.46. The van der Waals surface area contributed by atoms with E-state index in [2.05, 4.69) is 12.2 Å². The monoisotopic (exact) mass is 370 g/mol. The van der Waals surface area contributed by atoms with Gasteiger partial charge >= 0.3 is 0 Å². The molecule has 8 heteroatoms. The predicted molar refractivity (Wildman–Crippen MR) is 96.8 cm³/mol. The molecule has 1 aliphatic rings. The second kappa shape index (κ2) is 8.94. The number of hydrogen-bond acceptors (Lipinski definition) is 5. The van der Waals surface area contributed by atoms with Crippen LogP contribution in [0.1, 0.15) is 32.6 Å². The second-order valence-corrected chi connectivity index (χ2v) is 7.88. The number of benzene rings is 1. The normalized spacial score (nSPS) is 13.4. The third-order valence-electron chi connectivity index (χ3n) is 3.83. The van der Waals surface area contributed by atoms with Crippen LogP contribution in [0.15, 0.2) is 18.2 Å². The molecule has 1 aliphatic heterocycles. The lowest BCUT2D eigenvalue weighted by Crippen LogP contribution is -2.32. The van der Waals surface area contributed by atoms with Crippen molar-refractivity contribution in [2.45, 2.75) is 32.6 Å². The Morgan fingerprint density at radius 3 is 2.60 bits per heavy atom. The summed E-state index contributed by atoms with van der Waals surface area (Å²) in [6.45, 7) is 3.87. The van der Waals surface area contributed by atoms with E-state index >= 15 is 0 Å². The first-order valence-corrected chi connectivity index (χ1v) is 10.4. The molecule has 0 spiro atoms. The van der Waals surface area contributed by atoms with Gasteiger partial charge in [0.15, 0.2) is 11.5 Å². The van der Waals surface area contributed by atoms with Gasteiger partial charge in [0.25, 0.3) is 0 Å². The maximum absolute atomic E-state index is 12.1. The van der Waals surface area contributed by atoms with Crippen LogP contribution < -0.4 is 19.1 Å². The smallest absolute Gasteiger partial charge is 0.232 e. The predicted octanol–water partition coefficient (Wildman–Crippen LogP) is 1.92. The summed E-state index contributed by atoms with van der Waals surface area (Å²) in [5.41, 5.74) is 0.512. The van der Waals surface area contributed by atoms with Crippen molar-refractivity contribution >= 4 is 21.6 Å². The minimum Gasteiger partial charge on any atom is -0.486 e. The van der Waals surface area contributed by atoms with Crippen molar-refractivity contribution in [3.05, 3.63) is 18.2 Å². The molecule has 2 rings (SSSR count). The van der Waals surface area contributed by atoms with Crippen LogP contribution in [0.4, 0.5) is 5.69 Å². The molecular formula is C17H26N2O5S. The first-order chi connectivity index (χ1) is 11.9. The molecule has 0 saturated heterocycles. The minimum atomic E-state index is -3.46. The standard InChI is InChI=1S/C17H26N2O5S/c1-3-4-9-18-17(20)6-5-10-19(25(2,21)22)14-7-8-15-16(13-14)24-12-11-23-15/h7-8,13H,3-6,9-12H2,1-2H3,(H,18,20). The lowest BCUT2D eigenvalue weighted by molar-refractivity contribution is -0.121. The number of ether oxygens (including phenoxy) is 2. The fraction of sp³-hybridized carbons (Fsp3) is 0.588. The average molecular weight is 370 g/mol. The molecule has 0 fully saturated rings. The Morgan fingerprint density at radius 1 is 1.20 bits per heavy atom. The number of sulfonamides is 1. The summed E-state index contributed by atoms with van der Waals surface area (Å²) in [4.78, 5) is 11.8. The number of anilines is 1. The first-order valence-electron chi connectivity index (χ1n) is 8.56. The van der Waals surface area contributed by atoms with Gasteiger partial charge in [0, 0.05) is 25.6 Å². The van der Waals surface area contributed by atoms with E-state index in [1.54, 1.807) is 18.2 Å². The van der Waals surface area contributed by atoms with Gasteiger partial charge in [-0.15, -0.1) is 0 Å². The molecule has 1 heterocycles. The third kappa shape index (κ3) is 5.81. The number of amides is 1. The highest BCUT2D eigenvalue weighted by Gasteiger charge is 2.20. The van der Waals surface area contributed by atoms with Crippen molar-refractivity contribution in [3.63, 3.8) is 0 Å². The van der Waals surface area contributed by atoms with Crippen molar-refractivity contribution in [2.75, 3.05) is 36.9 Å². The quantitative estimate of drug-likeness (QED) is 0.671. The number of fused-ring (bicyclic) bond motifs is 1. The highest BCUT2D eigenvalue weighted by molar-refractivity contribution is 7.92. The van der Waals surface area contributed by atoms with E-state index in [1.807, 2.05) is 0 Å². The van der Waals surface area contributed by atoms with Gasteiger partial charge in [-0.3, -0.25) is 9.10 Å². The molecule has 0 atom stereocenters. The molecule has 25 heavy (non-hydrogen) atoms. The Bertz CT molecular complexity index is 690. The highest BCUT2D eigenvalue weighted by atomic mass is 32.2. The van der Waals surface area contributed by atoms with Gasteiger partial charge in [0.1, 0.15) is 13.2 Å². The van der Waals surface area contributed by atoms with Crippen LogP contribution in [-0.4, -0.2) is 46.9 Å². The molecule has 1 N–H and O–H groups in total. The van der Waals surface area contributed by atoms with Gasteiger partial charge in [-0.2, -0.15) is 0 Å². The Morgan fingerprint density at radius 2 is 1.92 bits per heavy atom. The Kier molecular flexibility index (Phi) is 6.92. The van der Waals surface area contributed by atoms with Crippen molar-refractivity contribution in [2.24, 2.45) is 0 Å². The minimum absolute atomic E-state index is 0.0518. The molecule has 0 aliphatic carbocycles. The molecule has 0 radical (unpaired) electrons. The Labute approximate surface area is 149 Å². The fourth-order valence-electron chi connectivity index (χ4n) is 2.55. The van der Waals surface area contributed by atoms with Crippen LogP contribution in [0.2, 0.25) is 0 Å². The second-order valence-electron chi connectivity index (χ2n) is 5.97. The number of unbranched alkanes of at least 4 members (excludes halogenated alkanes) is 1. The van der Waals surface area contributed by atoms with Crippen molar-refractivity contribution in [1.82, 2.24) is 5.32 Å². The third-order valence-corrected chi connectivity index (χ3v) is 5.03. The number of hydrogen-bond donors (Lipinski definition) is 1. The van der Waals surface area contributed by atoms with Crippen molar-refractivity contribution in [3.8, 4) is 11.5 Å². The zero-order chi connectivity index (χ0) is 18.3. The summed E-state index contributed by atoms with van der Waals surface area (Å²) >= 11 is 0. The summed E-state index contributed by atoms with van der Waals surface area (Å²) < 4.78 is 36.5. The van der Waals surface area contributed by atoms with E-state index < -0.39 is 10.0 Å². The van der Waals surface area contributed by atoms with Crippen LogP contribution in [0.5, 0.6) is 11.5 Å². The summed E-state index contributed by atoms with van der Waals surface area (Å²) in [6, 6.07) is 5.06. The maximum Gasteiger partial charge on any atom is 0.232 e. The van der Waals surface area contributed by atoms with Gasteiger partial charge in [0.2, 0.25) is 15.9 Å². The molecule has 140 valence electrons. The molecule has 1 aromatic rings. The zero-order valence-electron chi connectivity index (χ0n) is 14.8. The van der Waals surface area contributed by atoms with E-state index in [4.69, 9.17) is 9.47 Å². The number of nitrogens with one attached hydrogen (secondary N) is 1. The van der Waals surface area contributed by atoms with Crippen molar-refractivity contribution < 1.29 is 22.7 Å². The summed E-state index contributed by atoms with van der Waals surface area (Å²) in [6.07, 6.45) is 3.86. The maximum atomic E-state index is 12.1. The van der Waals surface area contributed by atoms with Crippen LogP contribution in [0.3, 0.4) is 0 Å². The Hall–Kier alpha value is -1.96. The first kappa shape index (κ1) is 19.4. The molecule has 7 nitrogen and oxygen atoms in total. The Balaban J connectivity index is 1.99. The molecule has 1 amide bonds.